The fraction of sp³-hybridized carbons (Fsp3) is 0.923. The van der Waals surface area contributed by atoms with Crippen LogP contribution in [0.1, 0.15) is 26.2 Å². The van der Waals surface area contributed by atoms with E-state index in [1.807, 2.05) is 14.0 Å². The van der Waals surface area contributed by atoms with Crippen molar-refractivity contribution < 1.29 is 9.90 Å². The second kappa shape index (κ2) is 5.15. The molecule has 2 bridgehead atoms. The minimum atomic E-state index is -0.641. The van der Waals surface area contributed by atoms with Crippen LogP contribution >= 0.6 is 0 Å². The smallest absolute Gasteiger partial charge is 0.237 e. The molecule has 0 radical (unpaired) electrons. The van der Waals surface area contributed by atoms with Crippen LogP contribution < -0.4 is 5.32 Å². The molecule has 18 heavy (non-hydrogen) atoms. The Morgan fingerprint density at radius 2 is 2.11 bits per heavy atom. The maximum absolute atomic E-state index is 12.3. The van der Waals surface area contributed by atoms with Crippen molar-refractivity contribution in [1.82, 2.24) is 15.1 Å². The second-order valence-corrected chi connectivity index (χ2v) is 6.01. The number of carbonyl (C=O) groups is 1. The van der Waals surface area contributed by atoms with Crippen LogP contribution in [0, 0.1) is 5.92 Å². The van der Waals surface area contributed by atoms with Gasteiger partial charge in [-0.25, -0.2) is 0 Å². The molecule has 104 valence electrons. The predicted molar refractivity (Wildman–Crippen MR) is 70.0 cm³/mol. The zero-order chi connectivity index (χ0) is 13.4. The van der Waals surface area contributed by atoms with Gasteiger partial charge >= 0.3 is 0 Å². The van der Waals surface area contributed by atoms with Gasteiger partial charge in [-0.05, 0) is 53.2 Å². The number of amides is 1. The molecule has 5 heteroatoms. The van der Waals surface area contributed by atoms with Crippen molar-refractivity contribution in [3.63, 3.8) is 0 Å². The van der Waals surface area contributed by atoms with Crippen molar-refractivity contribution in [2.45, 2.75) is 50.5 Å². The van der Waals surface area contributed by atoms with Crippen LogP contribution in [-0.2, 0) is 4.79 Å². The van der Waals surface area contributed by atoms with Crippen LogP contribution in [-0.4, -0.2) is 66.3 Å². The molecule has 1 saturated heterocycles. The highest BCUT2D eigenvalue weighted by molar-refractivity contribution is 5.83. The van der Waals surface area contributed by atoms with Crippen LogP contribution in [0.25, 0.3) is 0 Å². The Balaban J connectivity index is 1.92. The summed E-state index contributed by atoms with van der Waals surface area (Å²) in [6, 6.07) is 0.334. The van der Waals surface area contributed by atoms with E-state index in [1.54, 1.807) is 19.0 Å². The average Bonchev–Trinajstić information content (AvgIpc) is 2.87. The topological polar surface area (TPSA) is 55.8 Å². The van der Waals surface area contributed by atoms with E-state index >= 15 is 0 Å². The van der Waals surface area contributed by atoms with Gasteiger partial charge < -0.3 is 10.4 Å². The van der Waals surface area contributed by atoms with Crippen molar-refractivity contribution in [3.8, 4) is 0 Å². The number of rotatable bonds is 4. The van der Waals surface area contributed by atoms with Gasteiger partial charge in [0, 0.05) is 6.04 Å². The lowest BCUT2D eigenvalue weighted by Crippen LogP contribution is -2.54. The van der Waals surface area contributed by atoms with Crippen molar-refractivity contribution in [1.29, 1.82) is 0 Å². The fourth-order valence-corrected chi connectivity index (χ4v) is 3.44. The Morgan fingerprint density at radius 3 is 2.61 bits per heavy atom. The molecule has 1 aliphatic heterocycles. The second-order valence-electron chi connectivity index (χ2n) is 6.01. The summed E-state index contributed by atoms with van der Waals surface area (Å²) in [7, 11) is 5.65. The van der Waals surface area contributed by atoms with Gasteiger partial charge in [-0.3, -0.25) is 14.6 Å². The van der Waals surface area contributed by atoms with E-state index in [0.29, 0.717) is 12.0 Å². The van der Waals surface area contributed by atoms with E-state index in [0.717, 1.165) is 12.8 Å². The molecular weight excluding hydrogens is 230 g/mol. The Labute approximate surface area is 109 Å². The minimum absolute atomic E-state index is 0.000521. The quantitative estimate of drug-likeness (QED) is 0.686. The van der Waals surface area contributed by atoms with E-state index in [-0.39, 0.29) is 18.0 Å². The number of aliphatic hydroxyl groups excluding tert-OH is 1. The molecular formula is C13H25N3O2. The third kappa shape index (κ3) is 2.39. The zero-order valence-electron chi connectivity index (χ0n) is 11.8. The molecule has 1 heterocycles. The van der Waals surface area contributed by atoms with Gasteiger partial charge in [-0.15, -0.1) is 0 Å². The number of piperidine rings is 1. The lowest BCUT2D eigenvalue weighted by molar-refractivity contribution is -0.129. The zero-order valence-corrected chi connectivity index (χ0v) is 11.8. The molecule has 0 spiro atoms. The van der Waals surface area contributed by atoms with Crippen LogP contribution in [0.4, 0.5) is 0 Å². The van der Waals surface area contributed by atoms with Gasteiger partial charge in [0.15, 0.2) is 0 Å². The summed E-state index contributed by atoms with van der Waals surface area (Å²) in [4.78, 5) is 16.2. The Kier molecular flexibility index (Phi) is 3.94. The third-order valence-electron chi connectivity index (χ3n) is 4.52. The summed E-state index contributed by atoms with van der Waals surface area (Å²) in [5.74, 6) is 0.571. The van der Waals surface area contributed by atoms with Gasteiger partial charge in [-0.2, -0.15) is 0 Å². The highest BCUT2D eigenvalue weighted by atomic mass is 16.3. The lowest BCUT2D eigenvalue weighted by atomic mass is 9.98. The van der Waals surface area contributed by atoms with Gasteiger partial charge in [0.05, 0.1) is 12.1 Å². The molecule has 0 aromatic rings. The van der Waals surface area contributed by atoms with Crippen LogP contribution in [0.15, 0.2) is 0 Å². The first-order valence-corrected chi connectivity index (χ1v) is 6.78. The molecule has 1 amide bonds. The normalized spacial score (nSPS) is 34.9. The van der Waals surface area contributed by atoms with E-state index < -0.39 is 6.23 Å². The van der Waals surface area contributed by atoms with Crippen molar-refractivity contribution in [2.75, 3.05) is 21.1 Å². The number of fused-ring (bicyclic) bond motifs is 2. The predicted octanol–water partition coefficient (Wildman–Crippen LogP) is -0.146. The number of likely N-dealkylation sites (tertiary alicyclic amines) is 1. The van der Waals surface area contributed by atoms with Gasteiger partial charge in [0.2, 0.25) is 5.91 Å². The molecule has 1 saturated carbocycles. The summed E-state index contributed by atoms with van der Waals surface area (Å²) in [6.45, 7) is 1.84. The van der Waals surface area contributed by atoms with E-state index in [1.165, 1.54) is 6.42 Å². The van der Waals surface area contributed by atoms with Crippen LogP contribution in [0.3, 0.4) is 0 Å². The molecule has 0 aromatic carbocycles. The summed E-state index contributed by atoms with van der Waals surface area (Å²) in [5.41, 5.74) is 0. The monoisotopic (exact) mass is 255 g/mol. The highest BCUT2D eigenvalue weighted by Gasteiger charge is 2.47. The molecule has 1 unspecified atom stereocenters. The molecule has 0 aromatic heterocycles. The first kappa shape index (κ1) is 13.8. The summed E-state index contributed by atoms with van der Waals surface area (Å²) >= 11 is 0. The first-order valence-electron chi connectivity index (χ1n) is 6.78. The summed E-state index contributed by atoms with van der Waals surface area (Å²) in [6.07, 6.45) is 2.90. The molecule has 2 fully saturated rings. The number of carbonyl (C=O) groups excluding carboxylic acids is 1. The van der Waals surface area contributed by atoms with Crippen molar-refractivity contribution in [2.24, 2.45) is 5.92 Å². The SMILES string of the molecule is C[C@H](NC(=O)[C@@H]1[C@H]2CC[C@H](C2)N1C)C(O)N(C)C. The van der Waals surface area contributed by atoms with Gasteiger partial charge in [0.25, 0.3) is 0 Å². The van der Waals surface area contributed by atoms with E-state index in [9.17, 15) is 9.90 Å². The maximum atomic E-state index is 12.3. The van der Waals surface area contributed by atoms with E-state index in [2.05, 4.69) is 10.2 Å². The first-order chi connectivity index (χ1) is 8.41. The van der Waals surface area contributed by atoms with Crippen molar-refractivity contribution >= 4 is 5.91 Å². The minimum Gasteiger partial charge on any atom is -0.376 e. The molecule has 2 N–H and O–H groups in total. The lowest BCUT2D eigenvalue weighted by Gasteiger charge is -2.33. The molecule has 2 aliphatic rings. The van der Waals surface area contributed by atoms with Crippen molar-refractivity contribution in [3.05, 3.63) is 0 Å². The van der Waals surface area contributed by atoms with Crippen LogP contribution in [0.5, 0.6) is 0 Å². The van der Waals surface area contributed by atoms with Crippen LogP contribution in [0.2, 0.25) is 0 Å². The number of hydrogen-bond acceptors (Lipinski definition) is 4. The fourth-order valence-electron chi connectivity index (χ4n) is 3.44. The van der Waals surface area contributed by atoms with E-state index in [4.69, 9.17) is 0 Å². The highest BCUT2D eigenvalue weighted by Crippen LogP contribution is 2.41. The number of nitrogens with zero attached hydrogens (tertiary/aromatic N) is 2. The number of aliphatic hydroxyl groups is 1. The standard InChI is InChI=1S/C13H25N3O2/c1-8(13(18)15(2)3)14-12(17)11-9-5-6-10(7-9)16(11)4/h8-11,13,18H,5-7H2,1-4H3,(H,14,17)/t8-,9-,10+,11-,13?/m0/s1. The number of likely N-dealkylation sites (N-methyl/N-ethyl adjacent to an activating group) is 2. The molecule has 5 nitrogen and oxygen atoms in total. The summed E-state index contributed by atoms with van der Waals surface area (Å²) in [5, 5.41) is 12.8. The Morgan fingerprint density at radius 1 is 1.44 bits per heavy atom. The third-order valence-corrected chi connectivity index (χ3v) is 4.52. The largest absolute Gasteiger partial charge is 0.376 e. The number of hydrogen-bond donors (Lipinski definition) is 2. The number of nitrogens with one attached hydrogen (secondary N) is 1. The maximum Gasteiger partial charge on any atom is 0.237 e. The average molecular weight is 255 g/mol. The molecule has 1 aliphatic carbocycles. The van der Waals surface area contributed by atoms with Gasteiger partial charge in [0.1, 0.15) is 6.23 Å². The van der Waals surface area contributed by atoms with Gasteiger partial charge in [-0.1, -0.05) is 0 Å². The Hall–Kier alpha value is -0.650. The molecule has 2 rings (SSSR count). The Bertz CT molecular complexity index is 319. The summed E-state index contributed by atoms with van der Waals surface area (Å²) < 4.78 is 0. The molecule has 5 atom stereocenters.